The fourth-order valence-electron chi connectivity index (χ4n) is 8.32. The standard InChI is InChI=1S/C66H112O6/c1-4-7-10-13-16-19-22-25-28-30-32-33-35-36-38-41-44-47-50-53-56-59-65(68)71-62-63(61-70-64(67)58-55-52-49-46-43-40-27-24-21-18-15-12-9-6-3)72-66(69)60-57-54-51-48-45-42-39-37-34-31-29-26-23-20-17-14-11-8-5-2/h8,11,17,20,22,25-26,29-30,32,34,37,42,45,51,54,63H,4-7,9-10,12-16,18-19,21,23-24,27-28,31,33,35-36,38-41,43-44,46-50,52-53,55-62H2,1-3H3/b11-8-,20-17-,25-22-,29-26-,32-30-,37-34-,45-42-,54-51-. The molecular formula is C66H112O6. The van der Waals surface area contributed by atoms with Gasteiger partial charge in [-0.2, -0.15) is 0 Å². The van der Waals surface area contributed by atoms with Crippen LogP contribution in [0.2, 0.25) is 0 Å². The molecule has 1 atom stereocenters. The summed E-state index contributed by atoms with van der Waals surface area (Å²) in [5, 5.41) is 0. The summed E-state index contributed by atoms with van der Waals surface area (Å²) in [4.78, 5) is 38.2. The largest absolute Gasteiger partial charge is 0.462 e. The van der Waals surface area contributed by atoms with Crippen LogP contribution in [0.1, 0.15) is 284 Å². The van der Waals surface area contributed by atoms with Gasteiger partial charge in [0, 0.05) is 19.3 Å². The van der Waals surface area contributed by atoms with E-state index in [0.29, 0.717) is 19.3 Å². The van der Waals surface area contributed by atoms with Crippen molar-refractivity contribution in [3.05, 3.63) is 97.2 Å². The third-order valence-electron chi connectivity index (χ3n) is 12.8. The second-order valence-corrected chi connectivity index (χ2v) is 19.9. The maximum absolute atomic E-state index is 12.8. The molecular weight excluding hydrogens is 889 g/mol. The lowest BCUT2D eigenvalue weighted by Gasteiger charge is -2.18. The average molecular weight is 1000 g/mol. The van der Waals surface area contributed by atoms with Gasteiger partial charge in [0.15, 0.2) is 6.10 Å². The molecule has 6 heteroatoms. The third kappa shape index (κ3) is 57.2. The molecule has 0 saturated heterocycles. The van der Waals surface area contributed by atoms with Gasteiger partial charge < -0.3 is 14.2 Å². The van der Waals surface area contributed by atoms with E-state index in [1.807, 2.05) is 6.08 Å². The molecule has 0 rings (SSSR count). The molecule has 0 saturated carbocycles. The van der Waals surface area contributed by atoms with Gasteiger partial charge in [0.1, 0.15) is 13.2 Å². The molecule has 1 unspecified atom stereocenters. The van der Waals surface area contributed by atoms with Crippen LogP contribution in [0.15, 0.2) is 97.2 Å². The van der Waals surface area contributed by atoms with Crippen molar-refractivity contribution in [1.29, 1.82) is 0 Å². The number of rotatable bonds is 54. The minimum atomic E-state index is -0.820. The number of carbonyl (C=O) groups excluding carboxylic acids is 3. The van der Waals surface area contributed by atoms with Crippen molar-refractivity contribution < 1.29 is 28.6 Å². The minimum absolute atomic E-state index is 0.107. The Bertz CT molecular complexity index is 1430. The Hall–Kier alpha value is -3.67. The number of ether oxygens (including phenoxy) is 3. The van der Waals surface area contributed by atoms with Crippen molar-refractivity contribution in [3.8, 4) is 0 Å². The van der Waals surface area contributed by atoms with E-state index in [1.165, 1.54) is 154 Å². The van der Waals surface area contributed by atoms with Gasteiger partial charge in [-0.3, -0.25) is 14.4 Å². The van der Waals surface area contributed by atoms with Gasteiger partial charge in [-0.1, -0.05) is 272 Å². The van der Waals surface area contributed by atoms with Gasteiger partial charge in [-0.15, -0.1) is 0 Å². The van der Waals surface area contributed by atoms with E-state index >= 15 is 0 Å². The molecule has 0 amide bonds. The highest BCUT2D eigenvalue weighted by molar-refractivity contribution is 5.71. The number of unbranched alkanes of at least 4 members (excludes halogenated alkanes) is 27. The predicted octanol–water partition coefficient (Wildman–Crippen LogP) is 20.5. The summed E-state index contributed by atoms with van der Waals surface area (Å²) in [5.41, 5.74) is 0. The first kappa shape index (κ1) is 68.3. The minimum Gasteiger partial charge on any atom is -0.462 e. The maximum atomic E-state index is 12.8. The Morgan fingerprint density at radius 2 is 0.569 bits per heavy atom. The molecule has 0 N–H and O–H groups in total. The molecule has 0 aliphatic heterocycles. The highest BCUT2D eigenvalue weighted by Crippen LogP contribution is 2.15. The lowest BCUT2D eigenvalue weighted by Crippen LogP contribution is -2.30. The average Bonchev–Trinajstić information content (AvgIpc) is 3.38. The molecule has 0 spiro atoms. The monoisotopic (exact) mass is 1000 g/mol. The molecule has 0 bridgehead atoms. The smallest absolute Gasteiger partial charge is 0.306 e. The Balaban J connectivity index is 4.47. The van der Waals surface area contributed by atoms with E-state index in [2.05, 4.69) is 112 Å². The highest BCUT2D eigenvalue weighted by Gasteiger charge is 2.19. The SMILES string of the molecule is CC/C=C\C/C=C\C/C=C\C/C=C\C/C=C\C/C=C\CCC(=O)OC(COC(=O)CCCCCCCCCCC/C=C\C/C=C\CCCCCCC)COC(=O)CCCCCCCCCCCCCCCC. The quantitative estimate of drug-likeness (QED) is 0.0261. The number of allylic oxidation sites excluding steroid dienone is 16. The Morgan fingerprint density at radius 1 is 0.292 bits per heavy atom. The Morgan fingerprint density at radius 3 is 0.903 bits per heavy atom. The van der Waals surface area contributed by atoms with E-state index in [4.69, 9.17) is 14.2 Å². The summed E-state index contributed by atoms with van der Waals surface area (Å²) in [6.45, 7) is 6.47. The summed E-state index contributed by atoms with van der Waals surface area (Å²) in [5.74, 6) is -0.989. The fourth-order valence-corrected chi connectivity index (χ4v) is 8.32. The van der Waals surface area contributed by atoms with Gasteiger partial charge in [-0.25, -0.2) is 0 Å². The van der Waals surface area contributed by atoms with Gasteiger partial charge in [0.05, 0.1) is 0 Å². The van der Waals surface area contributed by atoms with Gasteiger partial charge in [0.2, 0.25) is 0 Å². The van der Waals surface area contributed by atoms with Gasteiger partial charge in [-0.05, 0) is 89.9 Å². The van der Waals surface area contributed by atoms with E-state index in [1.54, 1.807) is 0 Å². The second-order valence-electron chi connectivity index (χ2n) is 19.9. The molecule has 0 aliphatic carbocycles. The summed E-state index contributed by atoms with van der Waals surface area (Å²) < 4.78 is 16.8. The topological polar surface area (TPSA) is 78.9 Å². The van der Waals surface area contributed by atoms with Gasteiger partial charge >= 0.3 is 17.9 Å². The molecule has 0 aliphatic rings. The molecule has 412 valence electrons. The van der Waals surface area contributed by atoms with Crippen LogP contribution in [0.25, 0.3) is 0 Å². The lowest BCUT2D eigenvalue weighted by molar-refractivity contribution is -0.166. The van der Waals surface area contributed by atoms with Crippen LogP contribution in [0.5, 0.6) is 0 Å². The zero-order valence-electron chi connectivity index (χ0n) is 47.2. The van der Waals surface area contributed by atoms with E-state index in [-0.39, 0.29) is 31.6 Å². The summed E-state index contributed by atoms with van der Waals surface area (Å²) in [7, 11) is 0. The second kappa shape index (κ2) is 59.9. The van der Waals surface area contributed by atoms with Crippen LogP contribution in [0.4, 0.5) is 0 Å². The van der Waals surface area contributed by atoms with Crippen molar-refractivity contribution in [2.75, 3.05) is 13.2 Å². The van der Waals surface area contributed by atoms with Gasteiger partial charge in [0.25, 0.3) is 0 Å². The van der Waals surface area contributed by atoms with Crippen LogP contribution < -0.4 is 0 Å². The Labute approximate surface area is 445 Å². The maximum Gasteiger partial charge on any atom is 0.306 e. The fraction of sp³-hybridized carbons (Fsp3) is 0.712. The van der Waals surface area contributed by atoms with Crippen molar-refractivity contribution in [1.82, 2.24) is 0 Å². The normalized spacial score (nSPS) is 12.8. The van der Waals surface area contributed by atoms with E-state index in [0.717, 1.165) is 83.5 Å². The predicted molar refractivity (Wildman–Crippen MR) is 311 cm³/mol. The van der Waals surface area contributed by atoms with Crippen LogP contribution in [0.3, 0.4) is 0 Å². The molecule has 72 heavy (non-hydrogen) atoms. The first-order chi connectivity index (χ1) is 35.5. The van der Waals surface area contributed by atoms with E-state index < -0.39 is 12.1 Å². The summed E-state index contributed by atoms with van der Waals surface area (Å²) in [6, 6.07) is 0. The summed E-state index contributed by atoms with van der Waals surface area (Å²) in [6.07, 6.45) is 79.8. The van der Waals surface area contributed by atoms with Crippen molar-refractivity contribution >= 4 is 17.9 Å². The third-order valence-corrected chi connectivity index (χ3v) is 12.8. The van der Waals surface area contributed by atoms with Crippen molar-refractivity contribution in [2.24, 2.45) is 0 Å². The lowest BCUT2D eigenvalue weighted by atomic mass is 10.0. The Kier molecular flexibility index (Phi) is 56.8. The van der Waals surface area contributed by atoms with Crippen LogP contribution in [0, 0.1) is 0 Å². The molecule has 0 aromatic rings. The zero-order valence-corrected chi connectivity index (χ0v) is 47.2. The van der Waals surface area contributed by atoms with Crippen LogP contribution in [-0.4, -0.2) is 37.2 Å². The number of esters is 3. The van der Waals surface area contributed by atoms with Crippen LogP contribution >= 0.6 is 0 Å². The summed E-state index contributed by atoms with van der Waals surface area (Å²) >= 11 is 0. The zero-order chi connectivity index (χ0) is 52.2. The number of hydrogen-bond acceptors (Lipinski definition) is 6. The molecule has 0 heterocycles. The molecule has 0 radical (unpaired) electrons. The first-order valence-electron chi connectivity index (χ1n) is 30.2. The van der Waals surface area contributed by atoms with Crippen molar-refractivity contribution in [2.45, 2.75) is 290 Å². The molecule has 6 nitrogen and oxygen atoms in total. The van der Waals surface area contributed by atoms with E-state index in [9.17, 15) is 14.4 Å². The number of hydrogen-bond donors (Lipinski definition) is 0. The highest BCUT2D eigenvalue weighted by atomic mass is 16.6. The number of carbonyl (C=O) groups is 3. The molecule has 0 aromatic heterocycles. The van der Waals surface area contributed by atoms with Crippen LogP contribution in [-0.2, 0) is 28.6 Å². The molecule has 0 aromatic carbocycles. The molecule has 0 fully saturated rings. The van der Waals surface area contributed by atoms with Crippen molar-refractivity contribution in [3.63, 3.8) is 0 Å². The first-order valence-corrected chi connectivity index (χ1v) is 30.2.